The smallest absolute Gasteiger partial charge is 0.475 e. The molecule has 4 nitrogen and oxygen atoms in total. The highest BCUT2D eigenvalue weighted by Gasteiger charge is 2.41. The normalized spacial score (nSPS) is 20.9. The number of aliphatic carboxylic acids is 1. The molecule has 0 spiro atoms. The molecule has 34 heavy (non-hydrogen) atoms. The van der Waals surface area contributed by atoms with Gasteiger partial charge in [-0.15, -0.1) is 0 Å². The van der Waals surface area contributed by atoms with Gasteiger partial charge in [-0.3, -0.25) is 9.69 Å². The fourth-order valence-corrected chi connectivity index (χ4v) is 4.11. The highest BCUT2D eigenvalue weighted by Crippen LogP contribution is 2.39. The molecule has 2 aromatic carbocycles. The highest BCUT2D eigenvalue weighted by molar-refractivity contribution is 7.81. The predicted octanol–water partition coefficient (Wildman–Crippen LogP) is 5.57. The van der Waals surface area contributed by atoms with Crippen LogP contribution in [0.15, 0.2) is 60.2 Å². The monoisotopic (exact) mass is 495 g/mol. The van der Waals surface area contributed by atoms with E-state index >= 15 is 0 Å². The third kappa shape index (κ3) is 6.93. The lowest BCUT2D eigenvalue weighted by Gasteiger charge is -2.37. The second-order valence-corrected chi connectivity index (χ2v) is 8.93. The Hall–Kier alpha value is -2.65. The van der Waals surface area contributed by atoms with E-state index in [0.717, 1.165) is 31.4 Å². The van der Waals surface area contributed by atoms with Gasteiger partial charge in [0.15, 0.2) is 5.78 Å². The van der Waals surface area contributed by atoms with Crippen molar-refractivity contribution in [3.63, 3.8) is 0 Å². The van der Waals surface area contributed by atoms with Gasteiger partial charge in [-0.25, -0.2) is 9.18 Å². The van der Waals surface area contributed by atoms with Crippen LogP contribution in [-0.2, 0) is 9.59 Å². The molecule has 4 rings (SSSR count). The Balaban J connectivity index is 0.000000406. The van der Waals surface area contributed by atoms with Gasteiger partial charge in [0.1, 0.15) is 5.82 Å². The third-order valence-electron chi connectivity index (χ3n) is 5.71. The summed E-state index contributed by atoms with van der Waals surface area (Å²) in [5.74, 6) is -2.80. The summed E-state index contributed by atoms with van der Waals surface area (Å²) >= 11 is 4.75. The van der Waals surface area contributed by atoms with Crippen LogP contribution in [0.5, 0.6) is 0 Å². The number of carboxylic acid groups (broad SMARTS) is 1. The first-order valence-electron chi connectivity index (χ1n) is 10.8. The van der Waals surface area contributed by atoms with Crippen molar-refractivity contribution in [2.75, 3.05) is 13.1 Å². The summed E-state index contributed by atoms with van der Waals surface area (Å²) in [7, 11) is 0. The summed E-state index contributed by atoms with van der Waals surface area (Å²) in [6, 6.07) is 16.4. The number of benzene rings is 2. The van der Waals surface area contributed by atoms with Crippen LogP contribution in [0.1, 0.15) is 36.4 Å². The number of nitrogens with zero attached hydrogens (tertiary/aromatic N) is 1. The number of halogens is 4. The van der Waals surface area contributed by atoms with Crippen molar-refractivity contribution in [3.05, 3.63) is 77.1 Å². The minimum absolute atomic E-state index is 0.0879. The molecule has 2 aromatic rings. The average Bonchev–Trinajstić information content (AvgIpc) is 3.63. The van der Waals surface area contributed by atoms with Crippen LogP contribution >= 0.6 is 12.6 Å². The van der Waals surface area contributed by atoms with Gasteiger partial charge in [-0.05, 0) is 36.5 Å². The molecule has 2 fully saturated rings. The van der Waals surface area contributed by atoms with Gasteiger partial charge in [0.05, 0.1) is 6.04 Å². The van der Waals surface area contributed by atoms with E-state index in [1.165, 1.54) is 11.6 Å². The van der Waals surface area contributed by atoms with Crippen molar-refractivity contribution in [1.29, 1.82) is 0 Å². The number of carbonyl (C=O) groups is 2. The molecule has 1 heterocycles. The first-order chi connectivity index (χ1) is 16.1. The zero-order valence-corrected chi connectivity index (χ0v) is 19.1. The molecule has 1 aliphatic carbocycles. The first kappa shape index (κ1) is 26.0. The van der Waals surface area contributed by atoms with Gasteiger partial charge in [0, 0.05) is 29.8 Å². The summed E-state index contributed by atoms with van der Waals surface area (Å²) in [5.41, 5.74) is 2.82. The number of carboxylic acids is 1. The van der Waals surface area contributed by atoms with Gasteiger partial charge in [-0.2, -0.15) is 25.8 Å². The molecule has 1 N–H and O–H groups in total. The fraction of sp³-hybridized carbons (Fsp3) is 0.360. The molecule has 0 aromatic heterocycles. The van der Waals surface area contributed by atoms with Crippen molar-refractivity contribution >= 4 is 30.5 Å². The zero-order valence-electron chi connectivity index (χ0n) is 18.2. The first-order valence-corrected chi connectivity index (χ1v) is 11.4. The maximum absolute atomic E-state index is 14.6. The Bertz CT molecular complexity index is 1040. The third-order valence-corrected chi connectivity index (χ3v) is 6.30. The Morgan fingerprint density at radius 1 is 1.03 bits per heavy atom. The van der Waals surface area contributed by atoms with E-state index in [1.54, 1.807) is 12.1 Å². The van der Waals surface area contributed by atoms with Crippen LogP contribution in [0.25, 0.3) is 6.08 Å². The largest absolute Gasteiger partial charge is 0.490 e. The van der Waals surface area contributed by atoms with E-state index in [2.05, 4.69) is 23.1 Å². The topological polar surface area (TPSA) is 57.6 Å². The average molecular weight is 496 g/mol. The lowest BCUT2D eigenvalue weighted by Crippen LogP contribution is -2.42. The molecule has 0 radical (unpaired) electrons. The SMILES string of the molecule is O=C(C1CC1)C(c1ccccc1F)N1CCC(S)C(=Cc2ccccc2)C1.O=C(O)C(F)(F)F. The molecule has 2 atom stereocenters. The summed E-state index contributed by atoms with van der Waals surface area (Å²) in [5, 5.41) is 7.29. The van der Waals surface area contributed by atoms with E-state index in [9.17, 15) is 22.4 Å². The number of Topliss-reactive ketones (excluding diaryl/α,β-unsaturated/α-hetero) is 1. The molecule has 9 heteroatoms. The zero-order chi connectivity index (χ0) is 24.9. The van der Waals surface area contributed by atoms with E-state index < -0.39 is 18.2 Å². The van der Waals surface area contributed by atoms with Crippen LogP contribution in [0.3, 0.4) is 0 Å². The van der Waals surface area contributed by atoms with Crippen LogP contribution in [0, 0.1) is 11.7 Å². The standard InChI is InChI=1S/C23H24FNOS.C2HF3O2/c24-20-9-5-4-8-19(20)22(23(26)17-10-11-17)25-13-12-21(27)18(15-25)14-16-6-2-1-3-7-16;3-2(4,5)1(6)7/h1-9,14,17,21-22,27H,10-13,15H2;(H,6,7). The number of ketones is 1. The summed E-state index contributed by atoms with van der Waals surface area (Å²) in [6.07, 6.45) is -0.215. The van der Waals surface area contributed by atoms with Gasteiger partial charge in [0.25, 0.3) is 0 Å². The van der Waals surface area contributed by atoms with E-state index in [1.807, 2.05) is 24.3 Å². The van der Waals surface area contributed by atoms with E-state index in [-0.39, 0.29) is 22.8 Å². The number of rotatable bonds is 5. The molecule has 1 aliphatic heterocycles. The summed E-state index contributed by atoms with van der Waals surface area (Å²) in [6.45, 7) is 1.39. The van der Waals surface area contributed by atoms with Crippen molar-refractivity contribution in [2.45, 2.75) is 36.7 Å². The Morgan fingerprint density at radius 2 is 1.62 bits per heavy atom. The number of hydrogen-bond donors (Lipinski definition) is 2. The van der Waals surface area contributed by atoms with Crippen LogP contribution in [0.2, 0.25) is 0 Å². The van der Waals surface area contributed by atoms with E-state index in [4.69, 9.17) is 22.5 Å². The molecular weight excluding hydrogens is 470 g/mol. The second-order valence-electron chi connectivity index (χ2n) is 8.31. The molecular formula is C25H25F4NO3S. The Kier molecular flexibility index (Phi) is 8.54. The lowest BCUT2D eigenvalue weighted by atomic mass is 9.93. The maximum Gasteiger partial charge on any atom is 0.490 e. The summed E-state index contributed by atoms with van der Waals surface area (Å²) < 4.78 is 46.3. The number of thiol groups is 1. The van der Waals surface area contributed by atoms with Crippen LogP contribution in [-0.4, -0.2) is 46.3 Å². The molecule has 2 unspecified atom stereocenters. The maximum atomic E-state index is 14.6. The van der Waals surface area contributed by atoms with Gasteiger partial charge < -0.3 is 5.11 Å². The molecule has 0 bridgehead atoms. The molecule has 2 aliphatic rings. The van der Waals surface area contributed by atoms with Crippen LogP contribution in [0.4, 0.5) is 17.6 Å². The number of likely N-dealkylation sites (tertiary alicyclic amines) is 1. The quantitative estimate of drug-likeness (QED) is 0.421. The van der Waals surface area contributed by atoms with Gasteiger partial charge in [-0.1, -0.05) is 54.6 Å². The predicted molar refractivity (Wildman–Crippen MR) is 124 cm³/mol. The molecule has 1 saturated carbocycles. The van der Waals surface area contributed by atoms with E-state index in [0.29, 0.717) is 12.1 Å². The van der Waals surface area contributed by atoms with Crippen molar-refractivity contribution in [1.82, 2.24) is 4.90 Å². The van der Waals surface area contributed by atoms with Gasteiger partial charge >= 0.3 is 12.1 Å². The highest BCUT2D eigenvalue weighted by atomic mass is 32.1. The fourth-order valence-electron chi connectivity index (χ4n) is 3.84. The van der Waals surface area contributed by atoms with Crippen molar-refractivity contribution in [2.24, 2.45) is 5.92 Å². The Labute approximate surface area is 200 Å². The van der Waals surface area contributed by atoms with Crippen molar-refractivity contribution < 1.29 is 32.3 Å². The molecule has 182 valence electrons. The number of piperidine rings is 1. The Morgan fingerprint density at radius 3 is 2.18 bits per heavy atom. The molecule has 0 amide bonds. The minimum atomic E-state index is -5.08. The van der Waals surface area contributed by atoms with Crippen LogP contribution < -0.4 is 0 Å². The van der Waals surface area contributed by atoms with Crippen molar-refractivity contribution in [3.8, 4) is 0 Å². The number of hydrogen-bond acceptors (Lipinski definition) is 4. The second kappa shape index (κ2) is 11.2. The lowest BCUT2D eigenvalue weighted by molar-refractivity contribution is -0.192. The molecule has 1 saturated heterocycles. The summed E-state index contributed by atoms with van der Waals surface area (Å²) in [4.78, 5) is 24.1. The van der Waals surface area contributed by atoms with Gasteiger partial charge in [0.2, 0.25) is 0 Å². The number of alkyl halides is 3. The number of carbonyl (C=O) groups excluding carboxylic acids is 1. The minimum Gasteiger partial charge on any atom is -0.475 e.